The van der Waals surface area contributed by atoms with E-state index >= 15 is 0 Å². The first-order chi connectivity index (χ1) is 9.45. The Balaban J connectivity index is 2.44. The van der Waals surface area contributed by atoms with E-state index in [2.05, 4.69) is 0 Å². The molecule has 0 amide bonds. The molecule has 2 rings (SSSR count). The van der Waals surface area contributed by atoms with E-state index in [1.807, 2.05) is 6.92 Å². The van der Waals surface area contributed by atoms with Gasteiger partial charge in [-0.3, -0.25) is 0 Å². The standard InChI is InChI=1S/C15H16ClNO2S/c1-11-2-8-14(9-3-11)20(18,19)15(10-17)12-4-6-13(16)7-5-12/h2-9,15H,10,17H2,1H3/t15-/m0/s1. The smallest absolute Gasteiger partial charge is 0.186 e. The number of halogens is 1. The second-order valence-corrected chi connectivity index (χ2v) is 7.20. The molecule has 0 fully saturated rings. The Kier molecular flexibility index (Phi) is 4.48. The van der Waals surface area contributed by atoms with E-state index < -0.39 is 15.1 Å². The van der Waals surface area contributed by atoms with Crippen molar-refractivity contribution in [1.29, 1.82) is 0 Å². The highest BCUT2D eigenvalue weighted by Gasteiger charge is 2.27. The van der Waals surface area contributed by atoms with Crippen molar-refractivity contribution in [3.63, 3.8) is 0 Å². The normalized spacial score (nSPS) is 13.2. The number of hydrogen-bond acceptors (Lipinski definition) is 3. The van der Waals surface area contributed by atoms with Crippen LogP contribution >= 0.6 is 11.6 Å². The second-order valence-electron chi connectivity index (χ2n) is 4.63. The molecule has 20 heavy (non-hydrogen) atoms. The van der Waals surface area contributed by atoms with E-state index in [0.29, 0.717) is 10.6 Å². The minimum absolute atomic E-state index is 0.0256. The molecule has 3 nitrogen and oxygen atoms in total. The third-order valence-electron chi connectivity index (χ3n) is 3.18. The Labute approximate surface area is 124 Å². The SMILES string of the molecule is Cc1ccc(S(=O)(=O)[C@@H](CN)c2ccc(Cl)cc2)cc1. The molecular formula is C15H16ClNO2S. The average Bonchev–Trinajstić information content (AvgIpc) is 2.42. The molecule has 1 atom stereocenters. The maximum Gasteiger partial charge on any atom is 0.186 e. The topological polar surface area (TPSA) is 60.2 Å². The quantitative estimate of drug-likeness (QED) is 0.944. The average molecular weight is 310 g/mol. The first-order valence-electron chi connectivity index (χ1n) is 6.21. The first-order valence-corrected chi connectivity index (χ1v) is 8.13. The van der Waals surface area contributed by atoms with Crippen LogP contribution in [0.2, 0.25) is 5.02 Å². The van der Waals surface area contributed by atoms with Crippen molar-refractivity contribution in [2.24, 2.45) is 5.73 Å². The van der Waals surface area contributed by atoms with Crippen molar-refractivity contribution < 1.29 is 8.42 Å². The number of aryl methyl sites for hydroxylation is 1. The summed E-state index contributed by atoms with van der Waals surface area (Å²) in [5.41, 5.74) is 7.35. The summed E-state index contributed by atoms with van der Waals surface area (Å²) in [4.78, 5) is 0.286. The molecule has 0 heterocycles. The van der Waals surface area contributed by atoms with Gasteiger partial charge in [-0.15, -0.1) is 0 Å². The summed E-state index contributed by atoms with van der Waals surface area (Å²) in [6.07, 6.45) is 0. The Bertz CT molecular complexity index is 679. The molecule has 0 aliphatic rings. The van der Waals surface area contributed by atoms with Crippen molar-refractivity contribution in [1.82, 2.24) is 0 Å². The van der Waals surface area contributed by atoms with Crippen LogP contribution in [0.4, 0.5) is 0 Å². The predicted octanol–water partition coefficient (Wildman–Crippen LogP) is 3.12. The summed E-state index contributed by atoms with van der Waals surface area (Å²) >= 11 is 5.83. The summed E-state index contributed by atoms with van der Waals surface area (Å²) in [6.45, 7) is 1.94. The number of benzene rings is 2. The van der Waals surface area contributed by atoms with Gasteiger partial charge in [-0.05, 0) is 36.8 Å². The van der Waals surface area contributed by atoms with Gasteiger partial charge in [0.1, 0.15) is 5.25 Å². The molecule has 0 radical (unpaired) electrons. The van der Waals surface area contributed by atoms with Crippen LogP contribution in [-0.4, -0.2) is 15.0 Å². The summed E-state index contributed by atoms with van der Waals surface area (Å²) in [5.74, 6) is 0. The molecule has 0 aliphatic carbocycles. The van der Waals surface area contributed by atoms with Gasteiger partial charge < -0.3 is 5.73 Å². The summed E-state index contributed by atoms with van der Waals surface area (Å²) in [6, 6.07) is 13.5. The molecule has 0 saturated carbocycles. The van der Waals surface area contributed by atoms with Crippen LogP contribution in [0.15, 0.2) is 53.4 Å². The molecule has 0 unspecified atom stereocenters. The van der Waals surface area contributed by atoms with Gasteiger partial charge in [0.2, 0.25) is 0 Å². The van der Waals surface area contributed by atoms with E-state index in [1.54, 1.807) is 48.5 Å². The predicted molar refractivity (Wildman–Crippen MR) is 81.6 cm³/mol. The summed E-state index contributed by atoms with van der Waals surface area (Å²) in [5, 5.41) is -0.195. The minimum atomic E-state index is -3.50. The van der Waals surface area contributed by atoms with Crippen LogP contribution in [0.3, 0.4) is 0 Å². The van der Waals surface area contributed by atoms with E-state index in [4.69, 9.17) is 17.3 Å². The van der Waals surface area contributed by atoms with E-state index in [1.165, 1.54) is 0 Å². The Morgan fingerprint density at radius 2 is 1.60 bits per heavy atom. The zero-order valence-corrected chi connectivity index (χ0v) is 12.7. The molecule has 0 aliphatic heterocycles. The van der Waals surface area contributed by atoms with Gasteiger partial charge in [-0.25, -0.2) is 8.42 Å². The highest BCUT2D eigenvalue weighted by molar-refractivity contribution is 7.91. The molecule has 2 N–H and O–H groups in total. The van der Waals surface area contributed by atoms with Crippen LogP contribution in [0, 0.1) is 6.92 Å². The minimum Gasteiger partial charge on any atom is -0.329 e. The van der Waals surface area contributed by atoms with Crippen LogP contribution < -0.4 is 5.73 Å². The van der Waals surface area contributed by atoms with Crippen LogP contribution in [-0.2, 0) is 9.84 Å². The fourth-order valence-electron chi connectivity index (χ4n) is 2.01. The Morgan fingerprint density at radius 1 is 1.05 bits per heavy atom. The van der Waals surface area contributed by atoms with Crippen LogP contribution in [0.1, 0.15) is 16.4 Å². The van der Waals surface area contributed by atoms with Crippen LogP contribution in [0.25, 0.3) is 0 Å². The van der Waals surface area contributed by atoms with Crippen molar-refractivity contribution in [3.8, 4) is 0 Å². The Hall–Kier alpha value is -1.36. The first kappa shape index (κ1) is 15.0. The van der Waals surface area contributed by atoms with Crippen molar-refractivity contribution in [2.45, 2.75) is 17.1 Å². The summed E-state index contributed by atoms with van der Waals surface area (Å²) in [7, 11) is -3.50. The van der Waals surface area contributed by atoms with Gasteiger partial charge in [0.05, 0.1) is 4.90 Å². The van der Waals surface area contributed by atoms with E-state index in [0.717, 1.165) is 5.56 Å². The Morgan fingerprint density at radius 3 is 2.10 bits per heavy atom. The second kappa shape index (κ2) is 5.95. The lowest BCUT2D eigenvalue weighted by Crippen LogP contribution is -2.22. The van der Waals surface area contributed by atoms with Crippen molar-refractivity contribution >= 4 is 21.4 Å². The molecule has 0 saturated heterocycles. The maximum atomic E-state index is 12.6. The molecule has 0 bridgehead atoms. The highest BCUT2D eigenvalue weighted by Crippen LogP contribution is 2.29. The molecule has 0 aromatic heterocycles. The van der Waals surface area contributed by atoms with Gasteiger partial charge in [-0.2, -0.15) is 0 Å². The maximum absolute atomic E-state index is 12.6. The fourth-order valence-corrected chi connectivity index (χ4v) is 3.75. The number of nitrogens with two attached hydrogens (primary N) is 1. The van der Waals surface area contributed by atoms with Gasteiger partial charge in [-0.1, -0.05) is 41.4 Å². The van der Waals surface area contributed by atoms with E-state index in [9.17, 15) is 8.42 Å². The van der Waals surface area contributed by atoms with E-state index in [-0.39, 0.29) is 11.4 Å². The fraction of sp³-hybridized carbons (Fsp3) is 0.200. The molecule has 2 aromatic carbocycles. The lowest BCUT2D eigenvalue weighted by Gasteiger charge is -2.16. The monoisotopic (exact) mass is 309 g/mol. The molecule has 0 spiro atoms. The highest BCUT2D eigenvalue weighted by atomic mass is 35.5. The van der Waals surface area contributed by atoms with Gasteiger partial charge in [0, 0.05) is 11.6 Å². The van der Waals surface area contributed by atoms with Crippen molar-refractivity contribution in [3.05, 3.63) is 64.7 Å². The number of hydrogen-bond donors (Lipinski definition) is 1. The lowest BCUT2D eigenvalue weighted by atomic mass is 10.1. The number of rotatable bonds is 4. The van der Waals surface area contributed by atoms with Gasteiger partial charge in [0.25, 0.3) is 0 Å². The lowest BCUT2D eigenvalue weighted by molar-refractivity contribution is 0.582. The molecule has 5 heteroatoms. The third kappa shape index (κ3) is 3.03. The third-order valence-corrected chi connectivity index (χ3v) is 5.57. The molecule has 2 aromatic rings. The van der Waals surface area contributed by atoms with Gasteiger partial charge >= 0.3 is 0 Å². The molecular weight excluding hydrogens is 294 g/mol. The zero-order valence-electron chi connectivity index (χ0n) is 11.1. The zero-order chi connectivity index (χ0) is 14.8. The molecule has 106 valence electrons. The number of sulfone groups is 1. The largest absolute Gasteiger partial charge is 0.329 e. The summed E-state index contributed by atoms with van der Waals surface area (Å²) < 4.78 is 25.3. The van der Waals surface area contributed by atoms with Crippen molar-refractivity contribution in [2.75, 3.05) is 6.54 Å². The van der Waals surface area contributed by atoms with Crippen LogP contribution in [0.5, 0.6) is 0 Å². The van der Waals surface area contributed by atoms with Gasteiger partial charge in [0.15, 0.2) is 9.84 Å².